The Bertz CT molecular complexity index is 1030. The molecule has 2 fully saturated rings. The van der Waals surface area contributed by atoms with Crippen molar-refractivity contribution in [1.82, 2.24) is 20.4 Å². The van der Waals surface area contributed by atoms with Crippen molar-refractivity contribution in [3.63, 3.8) is 0 Å². The highest BCUT2D eigenvalue weighted by Gasteiger charge is 2.33. The van der Waals surface area contributed by atoms with Crippen molar-refractivity contribution in [2.24, 2.45) is 0 Å². The summed E-state index contributed by atoms with van der Waals surface area (Å²) in [6, 6.07) is 11.3. The van der Waals surface area contributed by atoms with Gasteiger partial charge in [-0.1, -0.05) is 42.6 Å². The summed E-state index contributed by atoms with van der Waals surface area (Å²) in [5.74, 6) is 2.03. The molecule has 2 atom stereocenters. The molecule has 3 aromatic rings. The summed E-state index contributed by atoms with van der Waals surface area (Å²) in [4.78, 5) is 11.8. The molecule has 0 spiro atoms. The van der Waals surface area contributed by atoms with E-state index in [1.807, 2.05) is 32.2 Å². The molecular weight excluding hydrogens is 390 g/mol. The molecule has 1 saturated heterocycles. The van der Waals surface area contributed by atoms with Crippen LogP contribution in [0.2, 0.25) is 0 Å². The number of anilines is 1. The van der Waals surface area contributed by atoms with Gasteiger partial charge < -0.3 is 19.5 Å². The highest BCUT2D eigenvalue weighted by molar-refractivity contribution is 5.87. The second-order valence-electron chi connectivity index (χ2n) is 8.82. The molecular formula is C24H31N5O2. The monoisotopic (exact) mass is 421 g/mol. The number of ether oxygens (including phenoxy) is 1. The van der Waals surface area contributed by atoms with E-state index in [0.717, 1.165) is 41.8 Å². The van der Waals surface area contributed by atoms with Gasteiger partial charge in [-0.25, -0.2) is 4.98 Å². The molecule has 7 nitrogen and oxygen atoms in total. The molecule has 7 heteroatoms. The number of methoxy groups -OCH3 is 1. The van der Waals surface area contributed by atoms with Crippen LogP contribution >= 0.6 is 0 Å². The molecule has 1 N–H and O–H groups in total. The zero-order valence-corrected chi connectivity index (χ0v) is 18.4. The first-order chi connectivity index (χ1) is 15.2. The third-order valence-corrected chi connectivity index (χ3v) is 6.68. The Morgan fingerprint density at radius 3 is 2.71 bits per heavy atom. The van der Waals surface area contributed by atoms with Crippen molar-refractivity contribution in [2.75, 3.05) is 25.1 Å². The van der Waals surface area contributed by atoms with E-state index in [0.29, 0.717) is 23.8 Å². The van der Waals surface area contributed by atoms with Gasteiger partial charge in [-0.3, -0.25) is 0 Å². The van der Waals surface area contributed by atoms with E-state index >= 15 is 0 Å². The quantitative estimate of drug-likeness (QED) is 0.664. The topological polar surface area (TPSA) is 76.3 Å². The van der Waals surface area contributed by atoms with Crippen molar-refractivity contribution in [3.8, 4) is 11.5 Å². The Morgan fingerprint density at radius 2 is 1.94 bits per heavy atom. The maximum absolute atomic E-state index is 5.95. The summed E-state index contributed by atoms with van der Waals surface area (Å²) < 4.78 is 11.5. The normalized spacial score (nSPS) is 22.8. The second kappa shape index (κ2) is 8.93. The smallest absolute Gasteiger partial charge is 0.261 e. The van der Waals surface area contributed by atoms with E-state index in [1.54, 1.807) is 0 Å². The molecule has 164 valence electrons. The first-order valence-corrected chi connectivity index (χ1v) is 11.5. The van der Waals surface area contributed by atoms with Crippen LogP contribution < -0.4 is 10.2 Å². The Kier molecular flexibility index (Phi) is 5.87. The van der Waals surface area contributed by atoms with Crippen molar-refractivity contribution in [1.29, 1.82) is 0 Å². The SMILES string of the molecule is COC1CN(c2nc3ccccc3cc2-c2nc(C)no2)CCC1NC1CCCCC1. The third kappa shape index (κ3) is 4.29. The van der Waals surface area contributed by atoms with Crippen LogP contribution in [-0.2, 0) is 4.74 Å². The van der Waals surface area contributed by atoms with Gasteiger partial charge in [-0.05, 0) is 38.3 Å². The molecule has 0 bridgehead atoms. The highest BCUT2D eigenvalue weighted by Crippen LogP contribution is 2.33. The summed E-state index contributed by atoms with van der Waals surface area (Å²) in [7, 11) is 1.82. The maximum atomic E-state index is 5.95. The predicted molar refractivity (Wildman–Crippen MR) is 121 cm³/mol. The zero-order valence-electron chi connectivity index (χ0n) is 18.4. The van der Waals surface area contributed by atoms with E-state index in [1.165, 1.54) is 32.1 Å². The third-order valence-electron chi connectivity index (χ3n) is 6.68. The van der Waals surface area contributed by atoms with E-state index < -0.39 is 0 Å². The largest absolute Gasteiger partial charge is 0.378 e. The molecule has 3 heterocycles. The molecule has 1 saturated carbocycles. The molecule has 1 aliphatic heterocycles. The number of benzene rings is 1. The Hall–Kier alpha value is -2.51. The number of aromatic nitrogens is 3. The fraction of sp³-hybridized carbons (Fsp3) is 0.542. The Labute approximate surface area is 183 Å². The van der Waals surface area contributed by atoms with Gasteiger partial charge in [0.05, 0.1) is 17.2 Å². The summed E-state index contributed by atoms with van der Waals surface area (Å²) in [5, 5.41) is 8.96. The summed E-state index contributed by atoms with van der Waals surface area (Å²) in [5.41, 5.74) is 1.85. The van der Waals surface area contributed by atoms with Crippen molar-refractivity contribution < 1.29 is 9.26 Å². The van der Waals surface area contributed by atoms with Crippen LogP contribution in [0.3, 0.4) is 0 Å². The van der Waals surface area contributed by atoms with Crippen LogP contribution in [-0.4, -0.2) is 53.5 Å². The standard InChI is InChI=1S/C24H31N5O2/c1-16-25-24(31-28-16)19-14-17-8-6-7-11-20(17)27-23(19)29-13-12-21(22(15-29)30-2)26-18-9-4-3-5-10-18/h6-8,11,14,18,21-22,26H,3-5,9-10,12-13,15H2,1-2H3. The van der Waals surface area contributed by atoms with Crippen LogP contribution in [0.25, 0.3) is 22.4 Å². The lowest BCUT2D eigenvalue weighted by atomic mass is 9.92. The summed E-state index contributed by atoms with van der Waals surface area (Å²) >= 11 is 0. The molecule has 0 radical (unpaired) electrons. The molecule has 2 aliphatic rings. The first-order valence-electron chi connectivity index (χ1n) is 11.5. The lowest BCUT2D eigenvalue weighted by molar-refractivity contribution is 0.0534. The van der Waals surface area contributed by atoms with E-state index in [-0.39, 0.29) is 6.10 Å². The predicted octanol–water partition coefficient (Wildman–Crippen LogP) is 4.11. The number of rotatable bonds is 5. The number of fused-ring (bicyclic) bond motifs is 1. The summed E-state index contributed by atoms with van der Waals surface area (Å²) in [6.45, 7) is 3.53. The number of aryl methyl sites for hydroxylation is 1. The van der Waals surface area contributed by atoms with Crippen LogP contribution in [0.5, 0.6) is 0 Å². The van der Waals surface area contributed by atoms with Gasteiger partial charge in [0, 0.05) is 37.7 Å². The highest BCUT2D eigenvalue weighted by atomic mass is 16.5. The van der Waals surface area contributed by atoms with Crippen molar-refractivity contribution in [2.45, 2.75) is 63.6 Å². The Balaban J connectivity index is 1.43. The fourth-order valence-corrected chi connectivity index (χ4v) is 5.02. The second-order valence-corrected chi connectivity index (χ2v) is 8.82. The number of pyridine rings is 1. The number of para-hydroxylation sites is 1. The molecule has 2 aromatic heterocycles. The van der Waals surface area contributed by atoms with Crippen molar-refractivity contribution >= 4 is 16.7 Å². The van der Waals surface area contributed by atoms with Crippen molar-refractivity contribution in [3.05, 3.63) is 36.2 Å². The van der Waals surface area contributed by atoms with Crippen LogP contribution in [0.15, 0.2) is 34.9 Å². The average molecular weight is 422 g/mol. The van der Waals surface area contributed by atoms with Crippen LogP contribution in [0.1, 0.15) is 44.3 Å². The summed E-state index contributed by atoms with van der Waals surface area (Å²) in [6.07, 6.45) is 7.74. The minimum absolute atomic E-state index is 0.112. The minimum atomic E-state index is 0.112. The van der Waals surface area contributed by atoms with Gasteiger partial charge in [0.1, 0.15) is 5.82 Å². The molecule has 0 amide bonds. The van der Waals surface area contributed by atoms with E-state index in [9.17, 15) is 0 Å². The van der Waals surface area contributed by atoms with Gasteiger partial charge in [0.25, 0.3) is 5.89 Å². The lowest BCUT2D eigenvalue weighted by Crippen LogP contribution is -2.56. The maximum Gasteiger partial charge on any atom is 0.261 e. The average Bonchev–Trinajstić information content (AvgIpc) is 3.25. The van der Waals surface area contributed by atoms with Gasteiger partial charge in [-0.2, -0.15) is 4.98 Å². The number of nitrogens with zero attached hydrogens (tertiary/aromatic N) is 4. The first kappa shape index (κ1) is 20.4. The number of nitrogens with one attached hydrogen (secondary N) is 1. The number of hydrogen-bond acceptors (Lipinski definition) is 7. The lowest BCUT2D eigenvalue weighted by Gasteiger charge is -2.41. The molecule has 1 aromatic carbocycles. The number of piperidine rings is 1. The van der Waals surface area contributed by atoms with Gasteiger partial charge in [0.2, 0.25) is 0 Å². The molecule has 1 aliphatic carbocycles. The molecule has 5 rings (SSSR count). The molecule has 2 unspecified atom stereocenters. The van der Waals surface area contributed by atoms with E-state index in [4.69, 9.17) is 14.2 Å². The fourth-order valence-electron chi connectivity index (χ4n) is 5.02. The zero-order chi connectivity index (χ0) is 21.2. The minimum Gasteiger partial charge on any atom is -0.378 e. The van der Waals surface area contributed by atoms with Gasteiger partial charge in [-0.15, -0.1) is 0 Å². The van der Waals surface area contributed by atoms with E-state index in [2.05, 4.69) is 32.5 Å². The molecule has 31 heavy (non-hydrogen) atoms. The Morgan fingerprint density at radius 1 is 1.10 bits per heavy atom. The van der Waals surface area contributed by atoms with Gasteiger partial charge >= 0.3 is 0 Å². The van der Waals surface area contributed by atoms with Crippen LogP contribution in [0, 0.1) is 6.92 Å². The van der Waals surface area contributed by atoms with Gasteiger partial charge in [0.15, 0.2) is 5.82 Å². The number of hydrogen-bond donors (Lipinski definition) is 1. The van der Waals surface area contributed by atoms with Crippen LogP contribution in [0.4, 0.5) is 5.82 Å².